The fraction of sp³-hybridized carbons (Fsp3) is 0.250. The summed E-state index contributed by atoms with van der Waals surface area (Å²) in [5, 5.41) is 13.5. The van der Waals surface area contributed by atoms with Crippen LogP contribution in [0.3, 0.4) is 0 Å². The molecule has 0 saturated carbocycles. The van der Waals surface area contributed by atoms with Crippen molar-refractivity contribution in [2.75, 3.05) is 7.05 Å². The molecule has 3 aromatic carbocycles. The molecular formula is C28H29N3O3. The minimum Gasteiger partial charge on any atom is -0.480 e. The molecule has 34 heavy (non-hydrogen) atoms. The first kappa shape index (κ1) is 23.4. The molecule has 0 amide bonds. The number of carboxylic acids is 1. The van der Waals surface area contributed by atoms with E-state index in [4.69, 9.17) is 4.52 Å². The fourth-order valence-electron chi connectivity index (χ4n) is 4.26. The monoisotopic (exact) mass is 455 g/mol. The van der Waals surface area contributed by atoms with Crippen molar-refractivity contribution >= 4 is 5.97 Å². The van der Waals surface area contributed by atoms with Crippen molar-refractivity contribution in [3.63, 3.8) is 0 Å². The molecule has 6 heteroatoms. The van der Waals surface area contributed by atoms with Gasteiger partial charge >= 0.3 is 5.97 Å². The lowest BCUT2D eigenvalue weighted by Gasteiger charge is -2.23. The van der Waals surface area contributed by atoms with Gasteiger partial charge in [0, 0.05) is 17.7 Å². The molecule has 0 spiro atoms. The van der Waals surface area contributed by atoms with Crippen LogP contribution in [0.2, 0.25) is 0 Å². The zero-order chi connectivity index (χ0) is 24.2. The van der Waals surface area contributed by atoms with Crippen LogP contribution in [0.4, 0.5) is 0 Å². The van der Waals surface area contributed by atoms with E-state index in [1.807, 2.05) is 55.3 Å². The average molecular weight is 456 g/mol. The molecule has 1 atom stereocenters. The third kappa shape index (κ3) is 4.92. The van der Waals surface area contributed by atoms with Crippen LogP contribution in [-0.2, 0) is 11.3 Å². The van der Waals surface area contributed by atoms with Gasteiger partial charge < -0.3 is 9.63 Å². The number of rotatable bonds is 8. The van der Waals surface area contributed by atoms with Crippen molar-refractivity contribution in [1.29, 1.82) is 0 Å². The number of hydrogen-bond acceptors (Lipinski definition) is 5. The van der Waals surface area contributed by atoms with Gasteiger partial charge in [0.1, 0.15) is 6.04 Å². The van der Waals surface area contributed by atoms with Gasteiger partial charge in [-0.25, -0.2) is 0 Å². The number of likely N-dealkylation sites (N-methyl/N-ethyl adjacent to an activating group) is 1. The minimum atomic E-state index is -0.803. The van der Waals surface area contributed by atoms with Crippen molar-refractivity contribution in [3.05, 3.63) is 83.4 Å². The van der Waals surface area contributed by atoms with Crippen LogP contribution < -0.4 is 0 Å². The smallest absolute Gasteiger partial charge is 0.320 e. The van der Waals surface area contributed by atoms with Gasteiger partial charge in [-0.05, 0) is 67.3 Å². The Hall–Kier alpha value is -3.77. The Morgan fingerprint density at radius 2 is 1.65 bits per heavy atom. The number of hydrogen-bond donors (Lipinski definition) is 1. The number of carboxylic acid groups (broad SMARTS) is 1. The molecule has 0 fully saturated rings. The summed E-state index contributed by atoms with van der Waals surface area (Å²) in [6, 6.07) is 21.8. The van der Waals surface area contributed by atoms with Gasteiger partial charge in [-0.1, -0.05) is 66.7 Å². The van der Waals surface area contributed by atoms with E-state index >= 15 is 0 Å². The first-order chi connectivity index (χ1) is 16.4. The third-order valence-corrected chi connectivity index (χ3v) is 6.18. The quantitative estimate of drug-likeness (QED) is 0.352. The lowest BCUT2D eigenvalue weighted by Crippen LogP contribution is -2.37. The molecule has 1 aromatic heterocycles. The van der Waals surface area contributed by atoms with Crippen LogP contribution >= 0.6 is 0 Å². The number of nitrogens with zero attached hydrogens (tertiary/aromatic N) is 3. The molecule has 0 aliphatic heterocycles. The predicted molar refractivity (Wildman–Crippen MR) is 133 cm³/mol. The standard InChI is InChI=1S/C28H29N3O3/c1-5-25(28(32)33)31(4)17-20-10-12-21(13-11-20)26-29-27(34-30-26)22-14-15-24(19(3)16-22)23-9-7-6-8-18(23)2/h6-16,25H,5,17H2,1-4H3,(H,32,33)/t25-/m0/s1. The van der Waals surface area contributed by atoms with Crippen molar-refractivity contribution in [2.45, 2.75) is 39.8 Å². The van der Waals surface area contributed by atoms with Crippen LogP contribution in [0, 0.1) is 13.8 Å². The van der Waals surface area contributed by atoms with E-state index in [9.17, 15) is 9.90 Å². The Morgan fingerprint density at radius 1 is 0.971 bits per heavy atom. The Kier molecular flexibility index (Phi) is 6.89. The second-order valence-corrected chi connectivity index (χ2v) is 8.64. The number of aliphatic carboxylic acids is 1. The summed E-state index contributed by atoms with van der Waals surface area (Å²) in [5.41, 5.74) is 7.55. The maximum atomic E-state index is 11.4. The molecule has 0 saturated heterocycles. The zero-order valence-electron chi connectivity index (χ0n) is 19.9. The van der Waals surface area contributed by atoms with Gasteiger partial charge in [-0.3, -0.25) is 9.69 Å². The Balaban J connectivity index is 1.51. The van der Waals surface area contributed by atoms with Gasteiger partial charge in [0.2, 0.25) is 5.82 Å². The van der Waals surface area contributed by atoms with E-state index in [0.717, 1.165) is 22.3 Å². The van der Waals surface area contributed by atoms with Crippen LogP contribution in [0.1, 0.15) is 30.0 Å². The van der Waals surface area contributed by atoms with Crippen LogP contribution in [0.15, 0.2) is 71.3 Å². The van der Waals surface area contributed by atoms with E-state index < -0.39 is 12.0 Å². The van der Waals surface area contributed by atoms with E-state index in [2.05, 4.69) is 54.3 Å². The third-order valence-electron chi connectivity index (χ3n) is 6.18. The van der Waals surface area contributed by atoms with Gasteiger partial charge in [0.25, 0.3) is 5.89 Å². The molecule has 0 aliphatic carbocycles. The first-order valence-electron chi connectivity index (χ1n) is 11.4. The van der Waals surface area contributed by atoms with E-state index in [1.54, 1.807) is 0 Å². The summed E-state index contributed by atoms with van der Waals surface area (Å²) in [4.78, 5) is 17.8. The van der Waals surface area contributed by atoms with Crippen molar-refractivity contribution in [1.82, 2.24) is 15.0 Å². The first-order valence-corrected chi connectivity index (χ1v) is 11.4. The zero-order valence-corrected chi connectivity index (χ0v) is 19.9. The van der Waals surface area contributed by atoms with Crippen molar-refractivity contribution in [2.24, 2.45) is 0 Å². The molecule has 6 nitrogen and oxygen atoms in total. The summed E-state index contributed by atoms with van der Waals surface area (Å²) >= 11 is 0. The topological polar surface area (TPSA) is 79.5 Å². The Bertz CT molecular complexity index is 1290. The molecule has 4 aromatic rings. The van der Waals surface area contributed by atoms with E-state index in [0.29, 0.717) is 24.7 Å². The van der Waals surface area contributed by atoms with E-state index in [-0.39, 0.29) is 0 Å². The van der Waals surface area contributed by atoms with Crippen molar-refractivity contribution < 1.29 is 14.4 Å². The normalized spacial score (nSPS) is 12.1. The molecule has 0 unspecified atom stereocenters. The summed E-state index contributed by atoms with van der Waals surface area (Å²) in [7, 11) is 1.83. The lowest BCUT2D eigenvalue weighted by atomic mass is 9.95. The molecule has 1 heterocycles. The second kappa shape index (κ2) is 10.0. The Labute approximate surface area is 199 Å². The molecule has 0 aliphatic rings. The molecule has 4 rings (SSSR count). The fourth-order valence-corrected chi connectivity index (χ4v) is 4.26. The van der Waals surface area contributed by atoms with Crippen LogP contribution in [0.5, 0.6) is 0 Å². The largest absolute Gasteiger partial charge is 0.480 e. The summed E-state index contributed by atoms with van der Waals surface area (Å²) in [5.74, 6) is 0.195. The van der Waals surface area contributed by atoms with E-state index in [1.165, 1.54) is 16.7 Å². The molecule has 174 valence electrons. The molecule has 0 radical (unpaired) electrons. The Morgan fingerprint density at radius 3 is 2.29 bits per heavy atom. The summed E-state index contributed by atoms with van der Waals surface area (Å²) in [6.45, 7) is 6.63. The number of aromatic nitrogens is 2. The number of aryl methyl sites for hydroxylation is 2. The second-order valence-electron chi connectivity index (χ2n) is 8.64. The van der Waals surface area contributed by atoms with Crippen LogP contribution in [0.25, 0.3) is 34.0 Å². The molecule has 1 N–H and O–H groups in total. The summed E-state index contributed by atoms with van der Waals surface area (Å²) in [6.07, 6.45) is 0.557. The highest BCUT2D eigenvalue weighted by molar-refractivity contribution is 5.74. The highest BCUT2D eigenvalue weighted by atomic mass is 16.5. The number of carbonyl (C=O) groups is 1. The number of benzene rings is 3. The van der Waals surface area contributed by atoms with Crippen molar-refractivity contribution in [3.8, 4) is 34.0 Å². The summed E-state index contributed by atoms with van der Waals surface area (Å²) < 4.78 is 5.56. The van der Waals surface area contributed by atoms with Gasteiger partial charge in [0.05, 0.1) is 0 Å². The minimum absolute atomic E-state index is 0.477. The predicted octanol–water partition coefficient (Wildman–Crippen LogP) is 5.98. The highest BCUT2D eigenvalue weighted by Crippen LogP contribution is 2.30. The maximum Gasteiger partial charge on any atom is 0.320 e. The van der Waals surface area contributed by atoms with Gasteiger partial charge in [0.15, 0.2) is 0 Å². The molecular weight excluding hydrogens is 426 g/mol. The van der Waals surface area contributed by atoms with Gasteiger partial charge in [-0.2, -0.15) is 4.98 Å². The molecule has 0 bridgehead atoms. The maximum absolute atomic E-state index is 11.4. The SMILES string of the molecule is CC[C@@H](C(=O)O)N(C)Cc1ccc(-c2noc(-c3ccc(-c4ccccc4C)c(C)c3)n2)cc1. The van der Waals surface area contributed by atoms with Crippen LogP contribution in [-0.4, -0.2) is 39.2 Å². The lowest BCUT2D eigenvalue weighted by molar-refractivity contribution is -0.143. The van der Waals surface area contributed by atoms with Gasteiger partial charge in [-0.15, -0.1) is 0 Å². The highest BCUT2D eigenvalue weighted by Gasteiger charge is 2.20. The average Bonchev–Trinajstić information content (AvgIpc) is 3.31.